The maximum Gasteiger partial charge on any atom is 0.0587 e. The summed E-state index contributed by atoms with van der Waals surface area (Å²) in [6.45, 7) is 6.99. The predicted octanol–water partition coefficient (Wildman–Crippen LogP) is 1.88. The second-order valence-corrected chi connectivity index (χ2v) is 5.64. The lowest BCUT2D eigenvalue weighted by molar-refractivity contribution is -0.0363. The van der Waals surface area contributed by atoms with E-state index in [0.717, 1.165) is 18.6 Å². The largest absolute Gasteiger partial charge is 0.378 e. The van der Waals surface area contributed by atoms with Crippen LogP contribution in [0.15, 0.2) is 0 Å². The maximum absolute atomic E-state index is 5.78. The fourth-order valence-corrected chi connectivity index (χ4v) is 3.36. The lowest BCUT2D eigenvalue weighted by Gasteiger charge is -2.41. The molecule has 0 bridgehead atoms. The Morgan fingerprint density at radius 2 is 2.24 bits per heavy atom. The highest BCUT2D eigenvalue weighted by Gasteiger charge is 2.29. The molecule has 2 aliphatic rings. The monoisotopic (exact) mass is 240 g/mol. The first kappa shape index (κ1) is 13.3. The minimum Gasteiger partial charge on any atom is -0.378 e. The number of hydrogen-bond acceptors (Lipinski definition) is 3. The third-order valence-corrected chi connectivity index (χ3v) is 4.35. The molecule has 17 heavy (non-hydrogen) atoms. The van der Waals surface area contributed by atoms with Gasteiger partial charge in [-0.2, -0.15) is 0 Å². The van der Waals surface area contributed by atoms with E-state index in [9.17, 15) is 0 Å². The van der Waals surface area contributed by atoms with Gasteiger partial charge in [0, 0.05) is 19.2 Å². The van der Waals surface area contributed by atoms with Crippen LogP contribution in [0.5, 0.6) is 0 Å². The smallest absolute Gasteiger partial charge is 0.0587 e. The Bertz CT molecular complexity index is 220. The highest BCUT2D eigenvalue weighted by Crippen LogP contribution is 2.25. The summed E-state index contributed by atoms with van der Waals surface area (Å²) in [4.78, 5) is 2.73. The molecule has 0 aliphatic carbocycles. The van der Waals surface area contributed by atoms with Crippen LogP contribution >= 0.6 is 0 Å². The summed E-state index contributed by atoms with van der Waals surface area (Å²) < 4.78 is 5.78. The number of hydrogen-bond donors (Lipinski definition) is 1. The van der Waals surface area contributed by atoms with E-state index in [1.807, 2.05) is 0 Å². The van der Waals surface area contributed by atoms with Gasteiger partial charge in [-0.05, 0) is 58.2 Å². The molecule has 2 fully saturated rings. The van der Waals surface area contributed by atoms with E-state index in [1.54, 1.807) is 0 Å². The Balaban J connectivity index is 1.83. The van der Waals surface area contributed by atoms with Crippen molar-refractivity contribution in [3.63, 3.8) is 0 Å². The van der Waals surface area contributed by atoms with Crippen LogP contribution in [0.1, 0.15) is 39.0 Å². The first-order valence-electron chi connectivity index (χ1n) is 7.33. The van der Waals surface area contributed by atoms with Crippen LogP contribution in [0, 0.1) is 5.92 Å². The zero-order valence-corrected chi connectivity index (χ0v) is 11.5. The van der Waals surface area contributed by atoms with Gasteiger partial charge in [0.2, 0.25) is 0 Å². The molecule has 0 radical (unpaired) electrons. The first-order valence-corrected chi connectivity index (χ1v) is 7.33. The normalized spacial score (nSPS) is 36.0. The van der Waals surface area contributed by atoms with Crippen LogP contribution in [-0.2, 0) is 4.74 Å². The highest BCUT2D eigenvalue weighted by atomic mass is 16.5. The maximum atomic E-state index is 5.78. The molecule has 2 saturated heterocycles. The van der Waals surface area contributed by atoms with Gasteiger partial charge >= 0.3 is 0 Å². The van der Waals surface area contributed by atoms with Gasteiger partial charge in [-0.15, -0.1) is 0 Å². The van der Waals surface area contributed by atoms with Crippen LogP contribution in [-0.4, -0.2) is 50.3 Å². The molecule has 3 unspecified atom stereocenters. The third kappa shape index (κ3) is 3.67. The minimum absolute atomic E-state index is 0.512. The van der Waals surface area contributed by atoms with Crippen molar-refractivity contribution >= 4 is 0 Å². The molecule has 0 spiro atoms. The fraction of sp³-hybridized carbons (Fsp3) is 1.00. The van der Waals surface area contributed by atoms with E-state index in [2.05, 4.69) is 24.2 Å². The fourth-order valence-electron chi connectivity index (χ4n) is 3.36. The summed E-state index contributed by atoms with van der Waals surface area (Å²) in [5, 5.41) is 3.33. The molecule has 0 saturated carbocycles. The Morgan fingerprint density at radius 3 is 3.00 bits per heavy atom. The van der Waals surface area contributed by atoms with Crippen molar-refractivity contribution in [3.8, 4) is 0 Å². The molecule has 3 nitrogen and oxygen atoms in total. The van der Waals surface area contributed by atoms with E-state index in [-0.39, 0.29) is 0 Å². The van der Waals surface area contributed by atoms with E-state index in [1.165, 1.54) is 51.7 Å². The van der Waals surface area contributed by atoms with Gasteiger partial charge in [0.1, 0.15) is 0 Å². The standard InChI is InChI=1S/C14H28N2O/c1-3-14-9-13(6-8-17-14)16-7-4-5-12(11-16)10-15-2/h12-15H,3-11H2,1-2H3. The van der Waals surface area contributed by atoms with Crippen molar-refractivity contribution in [3.05, 3.63) is 0 Å². The topological polar surface area (TPSA) is 24.5 Å². The molecule has 1 N–H and O–H groups in total. The van der Waals surface area contributed by atoms with Crippen LogP contribution in [0.3, 0.4) is 0 Å². The summed E-state index contributed by atoms with van der Waals surface area (Å²) >= 11 is 0. The molecule has 100 valence electrons. The molecule has 0 aromatic carbocycles. The Hall–Kier alpha value is -0.120. The average molecular weight is 240 g/mol. The molecule has 3 atom stereocenters. The molecule has 2 heterocycles. The number of piperidine rings is 1. The molecule has 0 aromatic rings. The van der Waals surface area contributed by atoms with Gasteiger partial charge in [-0.25, -0.2) is 0 Å². The van der Waals surface area contributed by atoms with Crippen molar-refractivity contribution in [2.45, 2.75) is 51.2 Å². The lowest BCUT2D eigenvalue weighted by atomic mass is 9.93. The second kappa shape index (κ2) is 6.72. The summed E-state index contributed by atoms with van der Waals surface area (Å²) in [6.07, 6.45) is 6.95. The van der Waals surface area contributed by atoms with Gasteiger partial charge in [0.15, 0.2) is 0 Å². The van der Waals surface area contributed by atoms with Gasteiger partial charge in [0.05, 0.1) is 6.10 Å². The number of likely N-dealkylation sites (tertiary alicyclic amines) is 1. The zero-order chi connectivity index (χ0) is 12.1. The van der Waals surface area contributed by atoms with Gasteiger partial charge in [0.25, 0.3) is 0 Å². The van der Waals surface area contributed by atoms with Crippen molar-refractivity contribution in [2.75, 3.05) is 33.3 Å². The molecular weight excluding hydrogens is 212 g/mol. The third-order valence-electron chi connectivity index (χ3n) is 4.35. The van der Waals surface area contributed by atoms with E-state index in [0.29, 0.717) is 6.10 Å². The van der Waals surface area contributed by atoms with Crippen molar-refractivity contribution in [1.82, 2.24) is 10.2 Å². The van der Waals surface area contributed by atoms with Crippen molar-refractivity contribution in [1.29, 1.82) is 0 Å². The molecular formula is C14H28N2O. The number of nitrogens with one attached hydrogen (secondary N) is 1. The summed E-state index contributed by atoms with van der Waals surface area (Å²) in [5.74, 6) is 0.858. The van der Waals surface area contributed by atoms with Gasteiger partial charge < -0.3 is 10.1 Å². The highest BCUT2D eigenvalue weighted by molar-refractivity contribution is 4.83. The van der Waals surface area contributed by atoms with Crippen LogP contribution in [0.4, 0.5) is 0 Å². The van der Waals surface area contributed by atoms with Crippen LogP contribution in [0.2, 0.25) is 0 Å². The summed E-state index contributed by atoms with van der Waals surface area (Å²) in [7, 11) is 2.07. The minimum atomic E-state index is 0.512. The van der Waals surface area contributed by atoms with Crippen molar-refractivity contribution in [2.24, 2.45) is 5.92 Å². The quantitative estimate of drug-likeness (QED) is 0.812. The Morgan fingerprint density at radius 1 is 1.35 bits per heavy atom. The molecule has 2 aliphatic heterocycles. The summed E-state index contributed by atoms with van der Waals surface area (Å²) in [6, 6.07) is 0.786. The molecule has 0 aromatic heterocycles. The average Bonchev–Trinajstić information content (AvgIpc) is 2.40. The summed E-state index contributed by atoms with van der Waals surface area (Å²) in [5.41, 5.74) is 0. The molecule has 2 rings (SSSR count). The number of rotatable bonds is 4. The molecule has 3 heteroatoms. The van der Waals surface area contributed by atoms with Crippen LogP contribution in [0.25, 0.3) is 0 Å². The number of nitrogens with zero attached hydrogens (tertiary/aromatic N) is 1. The van der Waals surface area contributed by atoms with E-state index < -0.39 is 0 Å². The van der Waals surface area contributed by atoms with Gasteiger partial charge in [-0.1, -0.05) is 6.92 Å². The van der Waals surface area contributed by atoms with E-state index >= 15 is 0 Å². The van der Waals surface area contributed by atoms with Crippen molar-refractivity contribution < 1.29 is 4.74 Å². The SMILES string of the molecule is CCC1CC(N2CCCC(CNC)C2)CCO1. The predicted molar refractivity (Wildman–Crippen MR) is 71.3 cm³/mol. The van der Waals surface area contributed by atoms with Gasteiger partial charge in [-0.3, -0.25) is 4.90 Å². The second-order valence-electron chi connectivity index (χ2n) is 5.64. The molecule has 0 amide bonds. The van der Waals surface area contributed by atoms with E-state index in [4.69, 9.17) is 4.74 Å². The lowest BCUT2D eigenvalue weighted by Crippen LogP contribution is -2.48. The zero-order valence-electron chi connectivity index (χ0n) is 11.5. The Kier molecular flexibility index (Phi) is 5.26. The first-order chi connectivity index (χ1) is 8.33. The Labute approximate surface area is 106 Å². The number of ether oxygens (including phenoxy) is 1. The van der Waals surface area contributed by atoms with Crippen LogP contribution < -0.4 is 5.32 Å².